The van der Waals surface area contributed by atoms with Gasteiger partial charge in [0.15, 0.2) is 0 Å². The fourth-order valence-electron chi connectivity index (χ4n) is 3.83. The Bertz CT molecular complexity index is 1230. The van der Waals surface area contributed by atoms with Gasteiger partial charge in [-0.25, -0.2) is 0 Å². The standard InChI is InChI=1S/C31H39N3O11/c1-40-28(36)19-33(20-29(37)41-2)17-25-15-24(6-5-23-7-9-27(10-8-23)45-14-13-44-12-11-35)16-26(32-25)18-34(21-30(38)42-3)22-31(39)43-4/h7-10,15-16,35H,11-14,17-22H2,1-4H3. The number of pyridine rings is 1. The van der Waals surface area contributed by atoms with Gasteiger partial charge in [-0.1, -0.05) is 11.8 Å². The van der Waals surface area contributed by atoms with Crippen LogP contribution in [0.1, 0.15) is 22.5 Å². The lowest BCUT2D eigenvalue weighted by Crippen LogP contribution is -2.36. The molecule has 0 saturated carbocycles. The summed E-state index contributed by atoms with van der Waals surface area (Å²) < 4.78 is 29.9. The first-order valence-electron chi connectivity index (χ1n) is 13.8. The predicted molar refractivity (Wildman–Crippen MR) is 159 cm³/mol. The van der Waals surface area contributed by atoms with E-state index in [1.165, 1.54) is 38.2 Å². The van der Waals surface area contributed by atoms with E-state index >= 15 is 0 Å². The second kappa shape index (κ2) is 20.4. The van der Waals surface area contributed by atoms with Gasteiger partial charge in [-0.2, -0.15) is 0 Å². The van der Waals surface area contributed by atoms with Crippen LogP contribution >= 0.6 is 0 Å². The van der Waals surface area contributed by atoms with Crippen molar-refractivity contribution in [3.8, 4) is 17.6 Å². The van der Waals surface area contributed by atoms with Gasteiger partial charge in [0.2, 0.25) is 0 Å². The van der Waals surface area contributed by atoms with Crippen LogP contribution in [0.5, 0.6) is 5.75 Å². The summed E-state index contributed by atoms with van der Waals surface area (Å²) in [4.78, 5) is 55.8. The minimum atomic E-state index is -0.553. The van der Waals surface area contributed by atoms with E-state index < -0.39 is 23.9 Å². The van der Waals surface area contributed by atoms with Gasteiger partial charge in [0, 0.05) is 24.2 Å². The number of nitrogens with zero attached hydrogens (tertiary/aromatic N) is 3. The van der Waals surface area contributed by atoms with E-state index in [4.69, 9.17) is 33.5 Å². The zero-order chi connectivity index (χ0) is 33.0. The minimum absolute atomic E-state index is 0.0493. The summed E-state index contributed by atoms with van der Waals surface area (Å²) in [6.45, 7) is 0.223. The molecule has 0 saturated heterocycles. The van der Waals surface area contributed by atoms with Crippen LogP contribution in [0, 0.1) is 11.8 Å². The van der Waals surface area contributed by atoms with Gasteiger partial charge in [-0.15, -0.1) is 0 Å². The van der Waals surface area contributed by atoms with E-state index in [2.05, 4.69) is 16.8 Å². The average molecular weight is 630 g/mol. The molecular formula is C31H39N3O11. The molecule has 1 aromatic heterocycles. The van der Waals surface area contributed by atoms with Crippen LogP contribution in [0.2, 0.25) is 0 Å². The summed E-state index contributed by atoms with van der Waals surface area (Å²) in [5.74, 6) is 4.61. The molecule has 0 fully saturated rings. The summed E-state index contributed by atoms with van der Waals surface area (Å²) in [5, 5.41) is 8.76. The van der Waals surface area contributed by atoms with Crippen LogP contribution in [-0.4, -0.2) is 125 Å². The maximum absolute atomic E-state index is 12.0. The lowest BCUT2D eigenvalue weighted by atomic mass is 10.1. The molecule has 1 aromatic carbocycles. The van der Waals surface area contributed by atoms with Crippen LogP contribution in [-0.2, 0) is 56.0 Å². The molecule has 1 N–H and O–H groups in total. The molecular weight excluding hydrogens is 590 g/mol. The summed E-state index contributed by atoms with van der Waals surface area (Å²) in [5.41, 5.74) is 2.19. The van der Waals surface area contributed by atoms with Crippen LogP contribution in [0.3, 0.4) is 0 Å². The highest BCUT2D eigenvalue weighted by atomic mass is 16.5. The Kier molecular flexibility index (Phi) is 16.6. The molecule has 244 valence electrons. The number of hydrogen-bond acceptors (Lipinski definition) is 14. The molecule has 2 rings (SSSR count). The van der Waals surface area contributed by atoms with Gasteiger partial charge >= 0.3 is 23.9 Å². The Balaban J connectivity index is 2.38. The maximum Gasteiger partial charge on any atom is 0.319 e. The molecule has 0 atom stereocenters. The number of carbonyl (C=O) groups is 4. The maximum atomic E-state index is 12.0. The van der Waals surface area contributed by atoms with E-state index in [1.54, 1.807) is 36.4 Å². The predicted octanol–water partition coefficient (Wildman–Crippen LogP) is 0.165. The van der Waals surface area contributed by atoms with E-state index in [0.29, 0.717) is 41.5 Å². The van der Waals surface area contributed by atoms with Crippen molar-refractivity contribution in [2.24, 2.45) is 0 Å². The van der Waals surface area contributed by atoms with E-state index in [-0.39, 0.29) is 52.5 Å². The third kappa shape index (κ3) is 14.7. The lowest BCUT2D eigenvalue weighted by Gasteiger charge is -2.21. The normalized spacial score (nSPS) is 10.6. The van der Waals surface area contributed by atoms with E-state index in [0.717, 1.165) is 0 Å². The fourth-order valence-corrected chi connectivity index (χ4v) is 3.83. The first kappa shape index (κ1) is 36.6. The molecule has 45 heavy (non-hydrogen) atoms. The van der Waals surface area contributed by atoms with Crippen molar-refractivity contribution in [3.63, 3.8) is 0 Å². The van der Waals surface area contributed by atoms with E-state index in [1.807, 2.05) is 0 Å². The highest BCUT2D eigenvalue weighted by Gasteiger charge is 2.20. The van der Waals surface area contributed by atoms with E-state index in [9.17, 15) is 19.2 Å². The van der Waals surface area contributed by atoms with Gasteiger partial charge in [-0.3, -0.25) is 34.0 Å². The number of methoxy groups -OCH3 is 4. The highest BCUT2D eigenvalue weighted by molar-refractivity contribution is 5.75. The quantitative estimate of drug-likeness (QED) is 0.103. The van der Waals surface area contributed by atoms with Gasteiger partial charge in [0.25, 0.3) is 0 Å². The highest BCUT2D eigenvalue weighted by Crippen LogP contribution is 2.14. The molecule has 0 radical (unpaired) electrons. The Labute approximate surface area is 262 Å². The zero-order valence-electron chi connectivity index (χ0n) is 25.9. The van der Waals surface area contributed by atoms with Crippen molar-refractivity contribution in [2.45, 2.75) is 13.1 Å². The number of aromatic nitrogens is 1. The monoisotopic (exact) mass is 629 g/mol. The van der Waals surface area contributed by atoms with Crippen molar-refractivity contribution >= 4 is 23.9 Å². The van der Waals surface area contributed by atoms with Crippen LogP contribution < -0.4 is 4.74 Å². The number of aliphatic hydroxyl groups is 1. The van der Waals surface area contributed by atoms with Crippen LogP contribution in [0.4, 0.5) is 0 Å². The van der Waals surface area contributed by atoms with Crippen LogP contribution in [0.25, 0.3) is 0 Å². The van der Waals surface area contributed by atoms with Crippen molar-refractivity contribution in [1.29, 1.82) is 0 Å². The summed E-state index contributed by atoms with van der Waals surface area (Å²) in [6, 6.07) is 10.6. The number of ether oxygens (including phenoxy) is 6. The molecule has 0 aliphatic rings. The Morgan fingerprint density at radius 2 is 1.11 bits per heavy atom. The molecule has 0 amide bonds. The number of hydrogen-bond donors (Lipinski definition) is 1. The first-order valence-corrected chi connectivity index (χ1v) is 13.8. The largest absolute Gasteiger partial charge is 0.491 e. The molecule has 0 spiro atoms. The van der Waals surface area contributed by atoms with Gasteiger partial charge < -0.3 is 33.5 Å². The topological polar surface area (TPSA) is 163 Å². The minimum Gasteiger partial charge on any atom is -0.491 e. The molecule has 0 bridgehead atoms. The summed E-state index contributed by atoms with van der Waals surface area (Å²) in [7, 11) is 4.98. The summed E-state index contributed by atoms with van der Waals surface area (Å²) >= 11 is 0. The molecule has 14 nitrogen and oxygen atoms in total. The Morgan fingerprint density at radius 3 is 1.53 bits per heavy atom. The number of rotatable bonds is 18. The molecule has 0 aliphatic heterocycles. The molecule has 0 aliphatic carbocycles. The van der Waals surface area contributed by atoms with Gasteiger partial charge in [-0.05, 0) is 36.4 Å². The fraction of sp³-hybridized carbons (Fsp3) is 0.452. The zero-order valence-corrected chi connectivity index (χ0v) is 25.9. The Morgan fingerprint density at radius 1 is 0.667 bits per heavy atom. The third-order valence-electron chi connectivity index (χ3n) is 5.96. The van der Waals surface area contributed by atoms with Crippen molar-refractivity contribution in [3.05, 3.63) is 58.9 Å². The smallest absolute Gasteiger partial charge is 0.319 e. The number of esters is 4. The number of aliphatic hydroxyl groups excluding tert-OH is 1. The van der Waals surface area contributed by atoms with Crippen molar-refractivity contribution < 1.29 is 52.7 Å². The van der Waals surface area contributed by atoms with Crippen molar-refractivity contribution in [1.82, 2.24) is 14.8 Å². The lowest BCUT2D eigenvalue weighted by molar-refractivity contribution is -0.147. The molecule has 14 heteroatoms. The molecule has 0 unspecified atom stereocenters. The van der Waals surface area contributed by atoms with Crippen molar-refractivity contribution in [2.75, 3.05) is 81.0 Å². The van der Waals surface area contributed by atoms with Crippen LogP contribution in [0.15, 0.2) is 36.4 Å². The molecule has 1 heterocycles. The SMILES string of the molecule is COC(=O)CN(CC(=O)OC)Cc1cc(C#Cc2ccc(OCCOCCO)cc2)cc(CN(CC(=O)OC)CC(=O)OC)n1. The number of benzene rings is 1. The molecule has 2 aromatic rings. The van der Waals surface area contributed by atoms with Gasteiger partial charge in [0.05, 0.1) is 85.8 Å². The third-order valence-corrected chi connectivity index (χ3v) is 5.96. The second-order valence-corrected chi connectivity index (χ2v) is 9.39. The van der Waals surface area contributed by atoms with Gasteiger partial charge in [0.1, 0.15) is 12.4 Å². The average Bonchev–Trinajstić information content (AvgIpc) is 3.03. The summed E-state index contributed by atoms with van der Waals surface area (Å²) in [6.07, 6.45) is 0. The second-order valence-electron chi connectivity index (χ2n) is 9.39. The Hall–Kier alpha value is -4.55. The number of carbonyl (C=O) groups excluding carboxylic acids is 4. The first-order chi connectivity index (χ1) is 21.7.